The summed E-state index contributed by atoms with van der Waals surface area (Å²) < 4.78 is 5.37. The minimum Gasteiger partial charge on any atom is -0.378 e. The molecular weight excluding hydrogens is 410 g/mol. The Hall–Kier alpha value is -3.43. The number of carbonyl (C=O) groups is 3. The largest absolute Gasteiger partial charge is 0.378 e. The number of nitrogens with one attached hydrogen (secondary N) is 3. The molecule has 3 rings (SSSR count). The van der Waals surface area contributed by atoms with Crippen molar-refractivity contribution in [1.29, 1.82) is 0 Å². The highest BCUT2D eigenvalue weighted by molar-refractivity contribution is 5.95. The smallest absolute Gasteiger partial charge is 0.238 e. The van der Waals surface area contributed by atoms with E-state index in [4.69, 9.17) is 4.74 Å². The Balaban J connectivity index is 1.41. The highest BCUT2D eigenvalue weighted by atomic mass is 16.5. The summed E-state index contributed by atoms with van der Waals surface area (Å²) in [6.45, 7) is 4.75. The molecule has 0 spiro atoms. The summed E-state index contributed by atoms with van der Waals surface area (Å²) >= 11 is 0. The van der Waals surface area contributed by atoms with Crippen LogP contribution in [0.3, 0.4) is 0 Å². The van der Waals surface area contributed by atoms with E-state index in [2.05, 4.69) is 20.9 Å². The van der Waals surface area contributed by atoms with Gasteiger partial charge in [0.1, 0.15) is 0 Å². The van der Waals surface area contributed by atoms with Crippen LogP contribution >= 0.6 is 0 Å². The van der Waals surface area contributed by atoms with Crippen molar-refractivity contribution >= 4 is 40.5 Å². The quantitative estimate of drug-likeness (QED) is 0.581. The van der Waals surface area contributed by atoms with Gasteiger partial charge in [0, 0.05) is 42.8 Å². The van der Waals surface area contributed by atoms with Crippen LogP contribution in [-0.2, 0) is 19.1 Å². The number of likely N-dealkylation sites (N-methyl/N-ethyl adjacent to an activating group) is 1. The van der Waals surface area contributed by atoms with Gasteiger partial charge >= 0.3 is 0 Å². The molecule has 0 saturated carbocycles. The molecule has 170 valence electrons. The molecule has 0 aromatic heterocycles. The monoisotopic (exact) mass is 439 g/mol. The van der Waals surface area contributed by atoms with Gasteiger partial charge in [-0.3, -0.25) is 19.3 Å². The summed E-state index contributed by atoms with van der Waals surface area (Å²) in [6, 6.07) is 14.5. The molecule has 0 radical (unpaired) electrons. The second-order valence-corrected chi connectivity index (χ2v) is 7.67. The maximum absolute atomic E-state index is 12.3. The summed E-state index contributed by atoms with van der Waals surface area (Å²) in [4.78, 5) is 39.5. The Morgan fingerprint density at radius 1 is 0.812 bits per heavy atom. The molecule has 0 unspecified atom stereocenters. The van der Waals surface area contributed by atoms with Crippen molar-refractivity contribution in [2.75, 3.05) is 67.3 Å². The van der Waals surface area contributed by atoms with Gasteiger partial charge in [0.05, 0.1) is 26.3 Å². The first kappa shape index (κ1) is 23.2. The van der Waals surface area contributed by atoms with Crippen molar-refractivity contribution in [3.8, 4) is 0 Å². The number of rotatable bonds is 8. The average Bonchev–Trinajstić information content (AvgIpc) is 2.75. The molecule has 0 aliphatic carbocycles. The fourth-order valence-corrected chi connectivity index (χ4v) is 3.36. The highest BCUT2D eigenvalue weighted by Crippen LogP contribution is 2.19. The topological polar surface area (TPSA) is 103 Å². The van der Waals surface area contributed by atoms with E-state index < -0.39 is 0 Å². The van der Waals surface area contributed by atoms with Gasteiger partial charge in [0.15, 0.2) is 0 Å². The van der Waals surface area contributed by atoms with Crippen molar-refractivity contribution in [3.63, 3.8) is 0 Å². The molecule has 1 aliphatic rings. The molecule has 2 aromatic carbocycles. The third-order valence-electron chi connectivity index (χ3n) is 4.84. The number of nitrogens with zero attached hydrogens (tertiary/aromatic N) is 2. The van der Waals surface area contributed by atoms with E-state index in [1.807, 2.05) is 24.3 Å². The summed E-state index contributed by atoms with van der Waals surface area (Å²) in [5.41, 5.74) is 3.08. The molecule has 1 saturated heterocycles. The molecule has 3 N–H and O–H groups in total. The van der Waals surface area contributed by atoms with Crippen molar-refractivity contribution in [1.82, 2.24) is 4.90 Å². The minimum absolute atomic E-state index is 0.0663. The SMILES string of the molecule is CC(=O)Nc1ccc(NC(=O)CN(C)CC(=O)Nc2ccc(N3CCOCC3)cc2)cc1. The average molecular weight is 440 g/mol. The molecule has 1 aliphatic heterocycles. The number of hydrogen-bond donors (Lipinski definition) is 3. The van der Waals surface area contributed by atoms with Gasteiger partial charge in [-0.25, -0.2) is 0 Å². The lowest BCUT2D eigenvalue weighted by molar-refractivity contribution is -0.119. The molecule has 9 nitrogen and oxygen atoms in total. The van der Waals surface area contributed by atoms with Crippen molar-refractivity contribution in [2.45, 2.75) is 6.92 Å². The molecule has 32 heavy (non-hydrogen) atoms. The summed E-state index contributed by atoms with van der Waals surface area (Å²) in [5.74, 6) is -0.587. The maximum Gasteiger partial charge on any atom is 0.238 e. The van der Waals surface area contributed by atoms with Crippen LogP contribution in [-0.4, -0.2) is 69.1 Å². The second-order valence-electron chi connectivity index (χ2n) is 7.67. The van der Waals surface area contributed by atoms with Gasteiger partial charge in [-0.05, 0) is 55.6 Å². The molecule has 0 atom stereocenters. The Morgan fingerprint density at radius 2 is 1.25 bits per heavy atom. The number of benzene rings is 2. The van der Waals surface area contributed by atoms with E-state index >= 15 is 0 Å². The maximum atomic E-state index is 12.3. The number of anilines is 4. The third-order valence-corrected chi connectivity index (χ3v) is 4.84. The lowest BCUT2D eigenvalue weighted by Crippen LogP contribution is -2.36. The van der Waals surface area contributed by atoms with E-state index in [1.165, 1.54) is 6.92 Å². The van der Waals surface area contributed by atoms with E-state index in [9.17, 15) is 14.4 Å². The number of hydrogen-bond acceptors (Lipinski definition) is 6. The predicted octanol–water partition coefficient (Wildman–Crippen LogP) is 1.99. The van der Waals surface area contributed by atoms with E-state index in [-0.39, 0.29) is 30.8 Å². The van der Waals surface area contributed by atoms with E-state index in [0.717, 1.165) is 32.0 Å². The number of amides is 3. The Bertz CT molecular complexity index is 924. The molecule has 1 heterocycles. The summed E-state index contributed by atoms with van der Waals surface area (Å²) in [6.07, 6.45) is 0. The van der Waals surface area contributed by atoms with Crippen LogP contribution in [0, 0.1) is 0 Å². The van der Waals surface area contributed by atoms with Crippen molar-refractivity contribution in [3.05, 3.63) is 48.5 Å². The summed E-state index contributed by atoms with van der Waals surface area (Å²) in [5, 5.41) is 8.30. The number of carbonyl (C=O) groups excluding carboxylic acids is 3. The van der Waals surface area contributed by atoms with E-state index in [0.29, 0.717) is 17.1 Å². The molecular formula is C23H29N5O4. The summed E-state index contributed by atoms with van der Waals surface area (Å²) in [7, 11) is 1.71. The van der Waals surface area contributed by atoms with Crippen molar-refractivity contribution in [2.24, 2.45) is 0 Å². The zero-order valence-electron chi connectivity index (χ0n) is 18.4. The van der Waals surface area contributed by atoms with Gasteiger partial charge in [0.25, 0.3) is 0 Å². The van der Waals surface area contributed by atoms with Crippen LogP contribution in [0.1, 0.15) is 6.92 Å². The van der Waals surface area contributed by atoms with Gasteiger partial charge in [0.2, 0.25) is 17.7 Å². The Kier molecular flexibility index (Phi) is 8.18. The van der Waals surface area contributed by atoms with Crippen LogP contribution < -0.4 is 20.9 Å². The molecule has 3 amide bonds. The molecule has 0 bridgehead atoms. The third kappa shape index (κ3) is 7.36. The van der Waals surface area contributed by atoms with Gasteiger partial charge in [-0.2, -0.15) is 0 Å². The zero-order valence-corrected chi connectivity index (χ0v) is 18.4. The standard InChI is InChI=1S/C23H29N5O4/c1-17(29)24-18-3-5-19(6-4-18)25-22(30)15-27(2)16-23(31)26-20-7-9-21(10-8-20)28-11-13-32-14-12-28/h3-10H,11-16H2,1-2H3,(H,24,29)(H,25,30)(H,26,31). The van der Waals surface area contributed by atoms with Crippen molar-refractivity contribution < 1.29 is 19.1 Å². The fraction of sp³-hybridized carbons (Fsp3) is 0.348. The van der Waals surface area contributed by atoms with Crippen LogP contribution in [0.15, 0.2) is 48.5 Å². The lowest BCUT2D eigenvalue weighted by Gasteiger charge is -2.28. The first-order valence-corrected chi connectivity index (χ1v) is 10.5. The predicted molar refractivity (Wildman–Crippen MR) is 125 cm³/mol. The zero-order chi connectivity index (χ0) is 22.9. The molecule has 1 fully saturated rings. The molecule has 2 aromatic rings. The van der Waals surface area contributed by atoms with Crippen LogP contribution in [0.5, 0.6) is 0 Å². The number of morpholine rings is 1. The van der Waals surface area contributed by atoms with Gasteiger partial charge in [-0.15, -0.1) is 0 Å². The van der Waals surface area contributed by atoms with Gasteiger partial charge < -0.3 is 25.6 Å². The highest BCUT2D eigenvalue weighted by Gasteiger charge is 2.13. The Morgan fingerprint density at radius 3 is 1.72 bits per heavy atom. The van der Waals surface area contributed by atoms with Crippen LogP contribution in [0.25, 0.3) is 0 Å². The number of ether oxygens (including phenoxy) is 1. The van der Waals surface area contributed by atoms with E-state index in [1.54, 1.807) is 36.2 Å². The minimum atomic E-state index is -0.234. The normalized spacial score (nSPS) is 13.5. The first-order valence-electron chi connectivity index (χ1n) is 10.5. The second kappa shape index (κ2) is 11.3. The van der Waals surface area contributed by atoms with Gasteiger partial charge in [-0.1, -0.05) is 0 Å². The van der Waals surface area contributed by atoms with Crippen LogP contribution in [0.2, 0.25) is 0 Å². The first-order chi connectivity index (χ1) is 15.4. The lowest BCUT2D eigenvalue weighted by atomic mass is 10.2. The molecule has 9 heteroatoms. The van der Waals surface area contributed by atoms with Crippen LogP contribution in [0.4, 0.5) is 22.7 Å². The fourth-order valence-electron chi connectivity index (χ4n) is 3.36. The Labute approximate surface area is 187 Å².